The maximum Gasteiger partial charge on any atom is 0.120 e. The average Bonchev–Trinajstić information content (AvgIpc) is 2.36. The topological polar surface area (TPSA) is 30.5 Å². The van der Waals surface area contributed by atoms with Crippen molar-refractivity contribution in [3.8, 4) is 5.75 Å². The monoisotopic (exact) mass is 279 g/mol. The quantitative estimate of drug-likeness (QED) is 0.749. The molecule has 20 heavy (non-hydrogen) atoms. The molecule has 0 aromatic heterocycles. The van der Waals surface area contributed by atoms with Crippen LogP contribution in [0.4, 0.5) is 0 Å². The molecule has 1 rings (SSSR count). The van der Waals surface area contributed by atoms with Crippen LogP contribution in [-0.4, -0.2) is 26.4 Å². The normalized spacial score (nSPS) is 11.9. The molecule has 0 amide bonds. The predicted molar refractivity (Wildman–Crippen MR) is 84.2 cm³/mol. The van der Waals surface area contributed by atoms with E-state index in [0.717, 1.165) is 31.9 Å². The van der Waals surface area contributed by atoms with Crippen LogP contribution >= 0.6 is 0 Å². The molecule has 0 radical (unpaired) electrons. The number of nitrogens with one attached hydrogen (secondary N) is 1. The van der Waals surface area contributed by atoms with Gasteiger partial charge in [0.05, 0.1) is 6.10 Å². The van der Waals surface area contributed by atoms with Gasteiger partial charge in [0.15, 0.2) is 0 Å². The molecule has 0 atom stereocenters. The minimum atomic E-state index is 0.214. The molecule has 3 nitrogen and oxygen atoms in total. The first kappa shape index (κ1) is 17.0. The summed E-state index contributed by atoms with van der Waals surface area (Å²) in [5, 5.41) is 3.52. The Morgan fingerprint density at radius 3 is 2.65 bits per heavy atom. The van der Waals surface area contributed by atoms with Crippen LogP contribution in [0.2, 0.25) is 0 Å². The Balaban J connectivity index is 2.41. The van der Waals surface area contributed by atoms with Crippen molar-refractivity contribution in [3.05, 3.63) is 29.8 Å². The molecule has 1 aromatic carbocycles. The maximum atomic E-state index is 5.71. The SMILES string of the molecule is COCCC(C)(C)CNCc1cccc(OC(C)C)c1. The van der Waals surface area contributed by atoms with E-state index in [0.29, 0.717) is 0 Å². The van der Waals surface area contributed by atoms with Gasteiger partial charge in [-0.1, -0.05) is 26.0 Å². The highest BCUT2D eigenvalue weighted by molar-refractivity contribution is 5.28. The largest absolute Gasteiger partial charge is 0.491 e. The molecule has 1 N–H and O–H groups in total. The van der Waals surface area contributed by atoms with Crippen molar-refractivity contribution < 1.29 is 9.47 Å². The highest BCUT2D eigenvalue weighted by Gasteiger charge is 2.16. The molecule has 0 aliphatic rings. The molecule has 0 saturated carbocycles. The average molecular weight is 279 g/mol. The van der Waals surface area contributed by atoms with Crippen LogP contribution in [0.1, 0.15) is 39.7 Å². The molecular weight excluding hydrogens is 250 g/mol. The molecule has 0 saturated heterocycles. The first-order chi connectivity index (χ1) is 9.43. The smallest absolute Gasteiger partial charge is 0.120 e. The second-order valence-electron chi connectivity index (χ2n) is 6.32. The third kappa shape index (κ3) is 6.92. The van der Waals surface area contributed by atoms with E-state index in [1.165, 1.54) is 5.56 Å². The summed E-state index contributed by atoms with van der Waals surface area (Å²) in [5.41, 5.74) is 1.51. The van der Waals surface area contributed by atoms with Gasteiger partial charge in [0.2, 0.25) is 0 Å². The van der Waals surface area contributed by atoms with Gasteiger partial charge in [-0.05, 0) is 43.4 Å². The zero-order chi connectivity index (χ0) is 15.0. The zero-order valence-electron chi connectivity index (χ0n) is 13.5. The summed E-state index contributed by atoms with van der Waals surface area (Å²) in [4.78, 5) is 0. The van der Waals surface area contributed by atoms with Crippen LogP contribution in [0.15, 0.2) is 24.3 Å². The molecule has 0 fully saturated rings. The number of benzene rings is 1. The van der Waals surface area contributed by atoms with Gasteiger partial charge in [0.25, 0.3) is 0 Å². The number of rotatable bonds is 9. The maximum absolute atomic E-state index is 5.71. The van der Waals surface area contributed by atoms with Gasteiger partial charge in [-0.2, -0.15) is 0 Å². The van der Waals surface area contributed by atoms with Crippen LogP contribution in [0.5, 0.6) is 5.75 Å². The number of ether oxygens (including phenoxy) is 2. The number of hydrogen-bond acceptors (Lipinski definition) is 3. The minimum absolute atomic E-state index is 0.214. The van der Waals surface area contributed by atoms with E-state index in [-0.39, 0.29) is 11.5 Å². The molecule has 0 aliphatic carbocycles. The van der Waals surface area contributed by atoms with Crippen LogP contribution in [0, 0.1) is 5.41 Å². The third-order valence-corrected chi connectivity index (χ3v) is 3.19. The van der Waals surface area contributed by atoms with Crippen LogP contribution < -0.4 is 10.1 Å². The van der Waals surface area contributed by atoms with Crippen molar-refractivity contribution in [2.24, 2.45) is 5.41 Å². The summed E-state index contributed by atoms with van der Waals surface area (Å²) in [6, 6.07) is 8.29. The minimum Gasteiger partial charge on any atom is -0.491 e. The van der Waals surface area contributed by atoms with Gasteiger partial charge in [-0.15, -0.1) is 0 Å². The molecular formula is C17H29NO2. The molecule has 0 spiro atoms. The van der Waals surface area contributed by atoms with Crippen molar-refractivity contribution >= 4 is 0 Å². The summed E-state index contributed by atoms with van der Waals surface area (Å²) in [6.07, 6.45) is 1.28. The van der Waals surface area contributed by atoms with E-state index in [1.807, 2.05) is 26.0 Å². The second kappa shape index (κ2) is 8.28. The van der Waals surface area contributed by atoms with Crippen molar-refractivity contribution in [3.63, 3.8) is 0 Å². The summed E-state index contributed by atoms with van der Waals surface area (Å²) in [6.45, 7) is 11.3. The van der Waals surface area contributed by atoms with Gasteiger partial charge in [0, 0.05) is 26.8 Å². The Kier molecular flexibility index (Phi) is 7.03. The molecule has 0 heterocycles. The lowest BCUT2D eigenvalue weighted by Gasteiger charge is -2.24. The summed E-state index contributed by atoms with van der Waals surface area (Å²) in [7, 11) is 1.75. The van der Waals surface area contributed by atoms with Crippen LogP contribution in [0.25, 0.3) is 0 Å². The van der Waals surface area contributed by atoms with E-state index in [4.69, 9.17) is 9.47 Å². The second-order valence-corrected chi connectivity index (χ2v) is 6.32. The molecule has 3 heteroatoms. The fourth-order valence-electron chi connectivity index (χ4n) is 2.01. The fraction of sp³-hybridized carbons (Fsp3) is 0.647. The first-order valence-electron chi connectivity index (χ1n) is 7.38. The lowest BCUT2D eigenvalue weighted by molar-refractivity contribution is 0.150. The van der Waals surface area contributed by atoms with E-state index < -0.39 is 0 Å². The van der Waals surface area contributed by atoms with Gasteiger partial charge in [-0.3, -0.25) is 0 Å². The summed E-state index contributed by atoms with van der Waals surface area (Å²) in [5.74, 6) is 0.943. The molecule has 1 aromatic rings. The summed E-state index contributed by atoms with van der Waals surface area (Å²) < 4.78 is 10.9. The lowest BCUT2D eigenvalue weighted by Crippen LogP contribution is -2.30. The standard InChI is InChI=1S/C17H29NO2/c1-14(2)20-16-8-6-7-15(11-16)12-18-13-17(3,4)9-10-19-5/h6-8,11,14,18H,9-10,12-13H2,1-5H3. The number of hydrogen-bond donors (Lipinski definition) is 1. The van der Waals surface area contributed by atoms with Gasteiger partial charge >= 0.3 is 0 Å². The van der Waals surface area contributed by atoms with Crippen LogP contribution in [-0.2, 0) is 11.3 Å². The van der Waals surface area contributed by atoms with Gasteiger partial charge in [0.1, 0.15) is 5.75 Å². The van der Waals surface area contributed by atoms with E-state index >= 15 is 0 Å². The van der Waals surface area contributed by atoms with Gasteiger partial charge in [-0.25, -0.2) is 0 Å². The third-order valence-electron chi connectivity index (χ3n) is 3.19. The van der Waals surface area contributed by atoms with Crippen molar-refractivity contribution in [2.75, 3.05) is 20.3 Å². The molecule has 0 bridgehead atoms. The zero-order valence-corrected chi connectivity index (χ0v) is 13.5. The van der Waals surface area contributed by atoms with E-state index in [2.05, 4.69) is 31.3 Å². The molecule has 0 unspecified atom stereocenters. The van der Waals surface area contributed by atoms with Crippen molar-refractivity contribution in [1.82, 2.24) is 5.32 Å². The fourth-order valence-corrected chi connectivity index (χ4v) is 2.01. The predicted octanol–water partition coefficient (Wildman–Crippen LogP) is 3.63. The van der Waals surface area contributed by atoms with Crippen molar-refractivity contribution in [1.29, 1.82) is 0 Å². The Labute approximate surface area is 123 Å². The van der Waals surface area contributed by atoms with E-state index in [9.17, 15) is 0 Å². The Hall–Kier alpha value is -1.06. The summed E-state index contributed by atoms with van der Waals surface area (Å²) >= 11 is 0. The Bertz CT molecular complexity index is 388. The van der Waals surface area contributed by atoms with E-state index in [1.54, 1.807) is 7.11 Å². The molecule has 0 aliphatic heterocycles. The van der Waals surface area contributed by atoms with Crippen LogP contribution in [0.3, 0.4) is 0 Å². The first-order valence-corrected chi connectivity index (χ1v) is 7.38. The molecule has 114 valence electrons. The Morgan fingerprint density at radius 1 is 1.25 bits per heavy atom. The van der Waals surface area contributed by atoms with Crippen molar-refractivity contribution in [2.45, 2.75) is 46.8 Å². The van der Waals surface area contributed by atoms with Gasteiger partial charge < -0.3 is 14.8 Å². The highest BCUT2D eigenvalue weighted by Crippen LogP contribution is 2.19. The number of methoxy groups -OCH3 is 1. The highest BCUT2D eigenvalue weighted by atomic mass is 16.5. The lowest BCUT2D eigenvalue weighted by atomic mass is 9.89. The Morgan fingerprint density at radius 2 is 2.00 bits per heavy atom.